The summed E-state index contributed by atoms with van der Waals surface area (Å²) >= 11 is 0. The van der Waals surface area contributed by atoms with E-state index in [1.54, 1.807) is 0 Å². The van der Waals surface area contributed by atoms with Crippen molar-refractivity contribution in [2.75, 3.05) is 0 Å². The molecule has 0 aliphatic heterocycles. The fraction of sp³-hybridized carbons (Fsp3) is 0. The van der Waals surface area contributed by atoms with Gasteiger partial charge in [0.1, 0.15) is 5.65 Å². The van der Waals surface area contributed by atoms with Crippen molar-refractivity contribution in [3.05, 3.63) is 200 Å². The molecule has 5 nitrogen and oxygen atoms in total. The Kier molecular flexibility index (Phi) is 7.42. The van der Waals surface area contributed by atoms with Crippen LogP contribution in [0.15, 0.2) is 200 Å². The second-order valence-corrected chi connectivity index (χ2v) is 14.1. The summed E-state index contributed by atoms with van der Waals surface area (Å²) in [5, 5.41) is 4.73. The molecule has 0 amide bonds. The first-order valence-electron chi connectivity index (χ1n) is 18.9. The van der Waals surface area contributed by atoms with Gasteiger partial charge in [0.2, 0.25) is 0 Å². The molecule has 0 atom stereocenters. The van der Waals surface area contributed by atoms with Crippen LogP contribution >= 0.6 is 0 Å². The molecule has 0 aliphatic carbocycles. The van der Waals surface area contributed by atoms with Crippen LogP contribution in [0.25, 0.3) is 100 Å². The van der Waals surface area contributed by atoms with E-state index in [9.17, 15) is 0 Å². The molecule has 7 aromatic carbocycles. The highest BCUT2D eigenvalue weighted by molar-refractivity contribution is 6.11. The van der Waals surface area contributed by atoms with E-state index in [0.29, 0.717) is 5.82 Å². The quantitative estimate of drug-likeness (QED) is 0.172. The number of aromatic nitrogens is 5. The number of hydrogen-bond acceptors (Lipinski definition) is 3. The molecule has 0 unspecified atom stereocenters. The van der Waals surface area contributed by atoms with Gasteiger partial charge >= 0.3 is 0 Å². The minimum absolute atomic E-state index is 0.685. The maximum atomic E-state index is 5.14. The van der Waals surface area contributed by atoms with Crippen molar-refractivity contribution in [1.29, 1.82) is 0 Å². The van der Waals surface area contributed by atoms with Crippen molar-refractivity contribution < 1.29 is 0 Å². The third-order valence-corrected chi connectivity index (χ3v) is 10.8. The van der Waals surface area contributed by atoms with E-state index in [1.807, 2.05) is 24.4 Å². The molecule has 4 aromatic heterocycles. The Labute approximate surface area is 323 Å². The van der Waals surface area contributed by atoms with Crippen LogP contribution in [0.3, 0.4) is 0 Å². The Morgan fingerprint density at radius 3 is 1.55 bits per heavy atom. The highest BCUT2D eigenvalue weighted by Gasteiger charge is 2.18. The summed E-state index contributed by atoms with van der Waals surface area (Å²) in [5.41, 5.74) is 13.6. The molecule has 0 radical (unpaired) electrons. The highest BCUT2D eigenvalue weighted by atomic mass is 15.0. The van der Waals surface area contributed by atoms with Crippen molar-refractivity contribution in [2.24, 2.45) is 0 Å². The number of hydrogen-bond donors (Lipinski definition) is 0. The van der Waals surface area contributed by atoms with Gasteiger partial charge in [0.05, 0.1) is 27.9 Å². The summed E-state index contributed by atoms with van der Waals surface area (Å²) in [4.78, 5) is 15.1. The van der Waals surface area contributed by atoms with Crippen molar-refractivity contribution >= 4 is 43.7 Å². The molecule has 56 heavy (non-hydrogen) atoms. The van der Waals surface area contributed by atoms with Crippen LogP contribution in [0.5, 0.6) is 0 Å². The maximum Gasteiger partial charge on any atom is 0.160 e. The molecule has 0 saturated heterocycles. The molecular formula is C51H33N5. The largest absolute Gasteiger partial charge is 0.309 e. The second-order valence-electron chi connectivity index (χ2n) is 14.1. The minimum Gasteiger partial charge on any atom is -0.309 e. The van der Waals surface area contributed by atoms with E-state index >= 15 is 0 Å². The van der Waals surface area contributed by atoms with Gasteiger partial charge in [-0.3, -0.25) is 4.57 Å². The van der Waals surface area contributed by atoms with Gasteiger partial charge in [-0.1, -0.05) is 133 Å². The van der Waals surface area contributed by atoms with Crippen molar-refractivity contribution in [3.8, 4) is 56.4 Å². The average molecular weight is 716 g/mol. The molecule has 11 aromatic rings. The smallest absolute Gasteiger partial charge is 0.160 e. The molecular weight excluding hydrogens is 683 g/mol. The fourth-order valence-corrected chi connectivity index (χ4v) is 8.16. The summed E-state index contributed by atoms with van der Waals surface area (Å²) in [5.74, 6) is 0.685. The van der Waals surface area contributed by atoms with Crippen molar-refractivity contribution in [1.82, 2.24) is 24.1 Å². The van der Waals surface area contributed by atoms with E-state index in [4.69, 9.17) is 15.0 Å². The molecule has 0 spiro atoms. The molecule has 262 valence electrons. The number of rotatable bonds is 6. The normalized spacial score (nSPS) is 11.6. The monoisotopic (exact) mass is 715 g/mol. The summed E-state index contributed by atoms with van der Waals surface area (Å²) < 4.78 is 4.65. The van der Waals surface area contributed by atoms with Gasteiger partial charge in [-0.15, -0.1) is 0 Å². The van der Waals surface area contributed by atoms with Gasteiger partial charge < -0.3 is 4.57 Å². The lowest BCUT2D eigenvalue weighted by atomic mass is 10.0. The molecule has 11 rings (SSSR count). The zero-order valence-corrected chi connectivity index (χ0v) is 30.3. The first-order chi connectivity index (χ1) is 27.8. The van der Waals surface area contributed by atoms with Crippen LogP contribution in [0.2, 0.25) is 0 Å². The standard InChI is InChI=1S/C51H33N5/c1-4-14-34(15-5-1)45-33-46(35-16-6-2-7-17-35)54-50(53-45)38-18-12-21-40(30-38)55-47-24-11-10-22-41(47)42-27-25-36(31-48(42)55)37-26-28-43-44-23-13-29-52-51(44)56(49(43)32-37)39-19-8-3-9-20-39/h1-33H. The number of fused-ring (bicyclic) bond motifs is 6. The van der Waals surface area contributed by atoms with Crippen LogP contribution in [-0.4, -0.2) is 24.1 Å². The van der Waals surface area contributed by atoms with Gasteiger partial charge in [-0.2, -0.15) is 0 Å². The SMILES string of the molecule is c1ccc(-c2cc(-c3ccccc3)nc(-c3cccc(-n4c5ccccc5c5ccc(-c6ccc7c8cccnc8n(-c8ccccc8)c7c6)cc54)c3)n2)cc1. The fourth-order valence-electron chi connectivity index (χ4n) is 8.16. The van der Waals surface area contributed by atoms with Crippen LogP contribution in [0.4, 0.5) is 0 Å². The second kappa shape index (κ2) is 13.0. The Bertz CT molecular complexity index is 3180. The third-order valence-electron chi connectivity index (χ3n) is 10.8. The molecule has 0 bridgehead atoms. The van der Waals surface area contributed by atoms with Crippen LogP contribution in [0.1, 0.15) is 0 Å². The predicted octanol–water partition coefficient (Wildman–Crippen LogP) is 12.7. The Balaban J connectivity index is 1.08. The lowest BCUT2D eigenvalue weighted by molar-refractivity contribution is 1.14. The average Bonchev–Trinajstić information content (AvgIpc) is 3.79. The predicted molar refractivity (Wildman–Crippen MR) is 230 cm³/mol. The summed E-state index contributed by atoms with van der Waals surface area (Å²) in [7, 11) is 0. The summed E-state index contributed by atoms with van der Waals surface area (Å²) in [6, 6.07) is 68.3. The van der Waals surface area contributed by atoms with Crippen molar-refractivity contribution in [2.45, 2.75) is 0 Å². The van der Waals surface area contributed by atoms with E-state index < -0.39 is 0 Å². The molecule has 0 N–H and O–H groups in total. The van der Waals surface area contributed by atoms with Gasteiger partial charge in [-0.05, 0) is 71.8 Å². The number of para-hydroxylation sites is 2. The van der Waals surface area contributed by atoms with Crippen LogP contribution < -0.4 is 0 Å². The van der Waals surface area contributed by atoms with Crippen molar-refractivity contribution in [3.63, 3.8) is 0 Å². The molecule has 0 aliphatic rings. The number of pyridine rings is 1. The summed E-state index contributed by atoms with van der Waals surface area (Å²) in [6.45, 7) is 0. The van der Waals surface area contributed by atoms with E-state index in [-0.39, 0.29) is 0 Å². The number of benzene rings is 7. The zero-order valence-electron chi connectivity index (χ0n) is 30.3. The lowest BCUT2D eigenvalue weighted by Crippen LogP contribution is -1.98. The first kappa shape index (κ1) is 31.9. The molecule has 4 heterocycles. The Morgan fingerprint density at radius 2 is 0.857 bits per heavy atom. The van der Waals surface area contributed by atoms with Gasteiger partial charge in [0.15, 0.2) is 5.82 Å². The molecule has 5 heteroatoms. The molecule has 0 fully saturated rings. The lowest BCUT2D eigenvalue weighted by Gasteiger charge is -2.13. The summed E-state index contributed by atoms with van der Waals surface area (Å²) in [6.07, 6.45) is 1.87. The number of nitrogens with zero attached hydrogens (tertiary/aromatic N) is 5. The first-order valence-corrected chi connectivity index (χ1v) is 18.9. The van der Waals surface area contributed by atoms with Crippen LogP contribution in [-0.2, 0) is 0 Å². The van der Waals surface area contributed by atoms with E-state index in [0.717, 1.165) is 78.2 Å². The Morgan fingerprint density at radius 1 is 0.321 bits per heavy atom. The Hall–Kier alpha value is -7.63. The molecule has 0 saturated carbocycles. The van der Waals surface area contributed by atoms with E-state index in [1.165, 1.54) is 16.2 Å². The topological polar surface area (TPSA) is 48.5 Å². The van der Waals surface area contributed by atoms with Gasteiger partial charge in [0, 0.05) is 55.8 Å². The third kappa shape index (κ3) is 5.29. The highest BCUT2D eigenvalue weighted by Crippen LogP contribution is 2.38. The van der Waals surface area contributed by atoms with Gasteiger partial charge in [0.25, 0.3) is 0 Å². The zero-order chi connectivity index (χ0) is 37.0. The van der Waals surface area contributed by atoms with Gasteiger partial charge in [-0.25, -0.2) is 15.0 Å². The maximum absolute atomic E-state index is 5.14. The van der Waals surface area contributed by atoms with E-state index in [2.05, 4.69) is 185 Å². The minimum atomic E-state index is 0.685. The van der Waals surface area contributed by atoms with Crippen LogP contribution in [0, 0.1) is 0 Å².